The molecule has 0 fully saturated rings. The van der Waals surface area contributed by atoms with E-state index in [0.717, 1.165) is 39.5 Å². The third-order valence-electron chi connectivity index (χ3n) is 12.4. The number of pyridine rings is 3. The lowest BCUT2D eigenvalue weighted by atomic mass is 9.79. The Kier molecular flexibility index (Phi) is 14.0. The van der Waals surface area contributed by atoms with Crippen LogP contribution in [0.4, 0.5) is 0 Å². The summed E-state index contributed by atoms with van der Waals surface area (Å²) in [7, 11) is 0. The van der Waals surface area contributed by atoms with Crippen molar-refractivity contribution < 1.29 is 0 Å². The van der Waals surface area contributed by atoms with E-state index in [9.17, 15) is 0 Å². The maximum Gasteiger partial charge on any atom is 0.0900 e. The van der Waals surface area contributed by atoms with Gasteiger partial charge in [0.2, 0.25) is 0 Å². The number of hydrogen-bond donors (Lipinski definition) is 0. The Labute approximate surface area is 399 Å². The summed E-state index contributed by atoms with van der Waals surface area (Å²) < 4.78 is 0. The van der Waals surface area contributed by atoms with E-state index in [1.807, 2.05) is 12.4 Å². The predicted octanol–water partition coefficient (Wildman–Crippen LogP) is 17.5. The lowest BCUT2D eigenvalue weighted by Gasteiger charge is -2.25. The van der Waals surface area contributed by atoms with Crippen molar-refractivity contribution in [2.24, 2.45) is 0 Å². The Morgan fingerprint density at radius 1 is 0.258 bits per heavy atom. The number of hydrogen-bond acceptors (Lipinski definition) is 3. The molecule has 0 amide bonds. The van der Waals surface area contributed by atoms with Crippen LogP contribution in [-0.4, -0.2) is 15.0 Å². The molecule has 0 N–H and O–H groups in total. The van der Waals surface area contributed by atoms with Gasteiger partial charge in [-0.2, -0.15) is 0 Å². The summed E-state index contributed by atoms with van der Waals surface area (Å²) in [5.41, 5.74) is 18.1. The fourth-order valence-corrected chi connectivity index (χ4v) is 7.71. The zero-order valence-electron chi connectivity index (χ0n) is 43.6. The molecule has 0 spiro atoms. The van der Waals surface area contributed by atoms with E-state index in [4.69, 9.17) is 15.0 Å². The Morgan fingerprint density at radius 3 is 0.712 bits per heavy atom. The van der Waals surface area contributed by atoms with Crippen LogP contribution in [0.2, 0.25) is 0 Å². The van der Waals surface area contributed by atoms with Crippen molar-refractivity contribution >= 4 is 36.5 Å². The van der Waals surface area contributed by atoms with Gasteiger partial charge in [0.05, 0.1) is 22.8 Å². The average molecular weight is 876 g/mol. The maximum absolute atomic E-state index is 5.29. The van der Waals surface area contributed by atoms with Gasteiger partial charge in [-0.1, -0.05) is 216 Å². The minimum absolute atomic E-state index is 0.0195. The minimum atomic E-state index is 0.0195. The van der Waals surface area contributed by atoms with Crippen LogP contribution in [0.1, 0.15) is 191 Å². The normalized spacial score (nSPS) is 13.4. The van der Waals surface area contributed by atoms with Crippen LogP contribution < -0.4 is 0 Å². The van der Waals surface area contributed by atoms with E-state index in [1.54, 1.807) is 0 Å². The summed E-state index contributed by atoms with van der Waals surface area (Å²) in [5, 5.41) is 0. The minimum Gasteiger partial charge on any atom is -0.255 e. The van der Waals surface area contributed by atoms with Crippen molar-refractivity contribution in [1.82, 2.24) is 15.0 Å². The molecule has 0 aliphatic rings. The fraction of sp³-hybridized carbons (Fsp3) is 0.381. The molecule has 0 saturated heterocycles. The first kappa shape index (κ1) is 49.8. The number of rotatable bonds is 8. The van der Waals surface area contributed by atoms with Gasteiger partial charge in [0, 0.05) is 12.4 Å². The van der Waals surface area contributed by atoms with E-state index in [0.29, 0.717) is 0 Å². The molecule has 0 unspecified atom stereocenters. The zero-order chi connectivity index (χ0) is 48.6. The van der Waals surface area contributed by atoms with Gasteiger partial charge in [-0.3, -0.25) is 9.97 Å². The standard InChI is InChI=1S/C63H77N3/c1-58(2,3)48-29-44(30-49(39-48)59(4,5)6)21-19-42-25-27-64-54(35-42)56-37-47(24-23-46-33-52(62(13,14)15)41-53(34-46)63(16,17)18)38-57(66-56)55-36-43(26-28-65-55)20-22-45-31-50(60(7,8)9)40-51(32-45)61(10,11)12/h19-41H,1-18H3/b21-19+,22-20+,24-23+. The van der Waals surface area contributed by atoms with Gasteiger partial charge < -0.3 is 0 Å². The Hall–Kier alpha value is -5.67. The van der Waals surface area contributed by atoms with Gasteiger partial charge in [0.25, 0.3) is 0 Å². The molecule has 3 aromatic heterocycles. The molecule has 0 saturated carbocycles. The van der Waals surface area contributed by atoms with Crippen LogP contribution in [0, 0.1) is 0 Å². The molecule has 0 aliphatic carbocycles. The maximum atomic E-state index is 5.29. The van der Waals surface area contributed by atoms with Gasteiger partial charge in [-0.25, -0.2) is 4.98 Å². The average Bonchev–Trinajstić information content (AvgIpc) is 3.22. The molecule has 0 bridgehead atoms. The molecule has 6 rings (SSSR count). The first-order chi connectivity index (χ1) is 30.4. The molecule has 0 aliphatic heterocycles. The molecular formula is C63H77N3. The second-order valence-electron chi connectivity index (χ2n) is 24.7. The first-order valence-corrected chi connectivity index (χ1v) is 23.9. The summed E-state index contributed by atoms with van der Waals surface area (Å²) >= 11 is 0. The summed E-state index contributed by atoms with van der Waals surface area (Å²) in [6.07, 6.45) is 17.1. The molecule has 3 heteroatoms. The second-order valence-corrected chi connectivity index (χ2v) is 24.7. The van der Waals surface area contributed by atoms with Gasteiger partial charge in [0.15, 0.2) is 0 Å². The predicted molar refractivity (Wildman–Crippen MR) is 289 cm³/mol. The Balaban J connectivity index is 1.44. The van der Waals surface area contributed by atoms with Gasteiger partial charge in [-0.15, -0.1) is 0 Å². The SMILES string of the molecule is CC(C)(C)c1cc(/C=C/c2ccnc(-c3cc(/C=C/c4cc(C(C)(C)C)cc(C(C)(C)C)c4)cc(-c4cc(/C=C/c5cc(C(C)(C)C)cc(C(C)(C)C)c5)ccn4)n3)c2)cc(C(C)(C)C)c1. The van der Waals surface area contributed by atoms with Crippen molar-refractivity contribution in [3.8, 4) is 22.8 Å². The lowest BCUT2D eigenvalue weighted by Crippen LogP contribution is -2.16. The van der Waals surface area contributed by atoms with Crippen LogP contribution in [-0.2, 0) is 32.5 Å². The zero-order valence-corrected chi connectivity index (χ0v) is 43.6. The molecule has 0 atom stereocenters. The van der Waals surface area contributed by atoms with Crippen LogP contribution in [0.25, 0.3) is 59.2 Å². The molecule has 0 radical (unpaired) electrons. The third kappa shape index (κ3) is 13.0. The number of nitrogens with zero attached hydrogens (tertiary/aromatic N) is 3. The highest BCUT2D eigenvalue weighted by Crippen LogP contribution is 2.35. The summed E-state index contributed by atoms with van der Waals surface area (Å²) in [4.78, 5) is 15.1. The fourth-order valence-electron chi connectivity index (χ4n) is 7.71. The van der Waals surface area contributed by atoms with E-state index < -0.39 is 0 Å². The van der Waals surface area contributed by atoms with E-state index in [1.165, 1.54) is 50.1 Å². The highest BCUT2D eigenvalue weighted by molar-refractivity contribution is 5.78. The van der Waals surface area contributed by atoms with Crippen molar-refractivity contribution in [3.05, 3.63) is 170 Å². The van der Waals surface area contributed by atoms with E-state index in [-0.39, 0.29) is 32.5 Å². The highest BCUT2D eigenvalue weighted by Gasteiger charge is 2.23. The van der Waals surface area contributed by atoms with Crippen molar-refractivity contribution in [3.63, 3.8) is 0 Å². The summed E-state index contributed by atoms with van der Waals surface area (Å²) in [6.45, 7) is 41.1. The largest absolute Gasteiger partial charge is 0.255 e. The molecule has 3 nitrogen and oxygen atoms in total. The van der Waals surface area contributed by atoms with E-state index >= 15 is 0 Å². The van der Waals surface area contributed by atoms with Crippen molar-refractivity contribution in [2.45, 2.75) is 157 Å². The molecule has 3 heterocycles. The third-order valence-corrected chi connectivity index (χ3v) is 12.4. The Morgan fingerprint density at radius 2 is 0.470 bits per heavy atom. The molecular weight excluding hydrogens is 799 g/mol. The van der Waals surface area contributed by atoms with Crippen LogP contribution >= 0.6 is 0 Å². The van der Waals surface area contributed by atoms with E-state index in [2.05, 4.69) is 252 Å². The monoisotopic (exact) mass is 876 g/mol. The molecule has 3 aromatic carbocycles. The number of aromatic nitrogens is 3. The van der Waals surface area contributed by atoms with Gasteiger partial charge in [0.1, 0.15) is 0 Å². The highest BCUT2D eigenvalue weighted by atomic mass is 14.8. The lowest BCUT2D eigenvalue weighted by molar-refractivity contribution is 0.568. The van der Waals surface area contributed by atoms with Gasteiger partial charge in [-0.05, 0) is 136 Å². The molecule has 66 heavy (non-hydrogen) atoms. The van der Waals surface area contributed by atoms with Crippen molar-refractivity contribution in [2.75, 3.05) is 0 Å². The topological polar surface area (TPSA) is 38.7 Å². The quantitative estimate of drug-likeness (QED) is 0.153. The van der Waals surface area contributed by atoms with Gasteiger partial charge >= 0.3 is 0 Å². The number of benzene rings is 3. The van der Waals surface area contributed by atoms with Crippen LogP contribution in [0.5, 0.6) is 0 Å². The molecule has 344 valence electrons. The Bertz CT molecular complexity index is 2540. The van der Waals surface area contributed by atoms with Crippen LogP contribution in [0.15, 0.2) is 103 Å². The second kappa shape index (κ2) is 18.5. The molecule has 6 aromatic rings. The summed E-state index contributed by atoms with van der Waals surface area (Å²) in [6, 6.07) is 33.8. The summed E-state index contributed by atoms with van der Waals surface area (Å²) in [5.74, 6) is 0. The van der Waals surface area contributed by atoms with Crippen molar-refractivity contribution in [1.29, 1.82) is 0 Å². The van der Waals surface area contributed by atoms with Crippen LogP contribution in [0.3, 0.4) is 0 Å². The smallest absolute Gasteiger partial charge is 0.0900 e. The first-order valence-electron chi connectivity index (χ1n) is 23.9.